The summed E-state index contributed by atoms with van der Waals surface area (Å²) in [6.45, 7) is 3.03. The Bertz CT molecular complexity index is 603. The normalized spacial score (nSPS) is 10.9. The molecule has 3 heteroatoms. The Morgan fingerprint density at radius 3 is 2.17 bits per heavy atom. The van der Waals surface area contributed by atoms with Crippen molar-refractivity contribution in [3.8, 4) is 11.5 Å². The molecule has 2 aromatic carbocycles. The van der Waals surface area contributed by atoms with E-state index in [4.69, 9.17) is 9.47 Å². The van der Waals surface area contributed by atoms with Gasteiger partial charge in [-0.05, 0) is 60.5 Å². The molecule has 0 radical (unpaired) electrons. The van der Waals surface area contributed by atoms with Gasteiger partial charge in [0.15, 0.2) is 0 Å². The zero-order valence-electron chi connectivity index (χ0n) is 14.7. The van der Waals surface area contributed by atoms with Crippen LogP contribution >= 0.6 is 0 Å². The van der Waals surface area contributed by atoms with E-state index in [1.54, 1.807) is 7.11 Å². The molecule has 2 aromatic rings. The minimum Gasteiger partial charge on any atom is -0.497 e. The van der Waals surface area contributed by atoms with E-state index in [0.717, 1.165) is 35.8 Å². The van der Waals surface area contributed by atoms with E-state index in [9.17, 15) is 0 Å². The third-order valence-electron chi connectivity index (χ3n) is 3.83. The molecule has 0 aliphatic rings. The van der Waals surface area contributed by atoms with Crippen LogP contribution in [-0.4, -0.2) is 19.9 Å². The van der Waals surface area contributed by atoms with E-state index in [1.807, 2.05) is 54.7 Å². The standard InChI is InChI=1S/C21H27NO2/c1-3-4-5-6-7-16-24-21-12-8-18(9-13-21)17-22-19-10-14-20(23-2)15-11-19/h8-15,17H,3-7,16H2,1-2H3. The van der Waals surface area contributed by atoms with Crippen molar-refractivity contribution in [3.63, 3.8) is 0 Å². The number of hydrogen-bond acceptors (Lipinski definition) is 3. The molecule has 0 amide bonds. The minimum atomic E-state index is 0.795. The number of benzene rings is 2. The van der Waals surface area contributed by atoms with Crippen LogP contribution in [0, 0.1) is 0 Å². The molecular weight excluding hydrogens is 298 g/mol. The summed E-state index contributed by atoms with van der Waals surface area (Å²) < 4.78 is 10.9. The van der Waals surface area contributed by atoms with Gasteiger partial charge in [-0.2, -0.15) is 0 Å². The number of ether oxygens (including phenoxy) is 2. The van der Waals surface area contributed by atoms with Gasteiger partial charge in [0.1, 0.15) is 11.5 Å². The van der Waals surface area contributed by atoms with Crippen molar-refractivity contribution in [2.75, 3.05) is 13.7 Å². The summed E-state index contributed by atoms with van der Waals surface area (Å²) in [5, 5.41) is 0. The van der Waals surface area contributed by atoms with E-state index in [-0.39, 0.29) is 0 Å². The van der Waals surface area contributed by atoms with Gasteiger partial charge < -0.3 is 9.47 Å². The Labute approximate surface area is 145 Å². The number of methoxy groups -OCH3 is 1. The first-order valence-electron chi connectivity index (χ1n) is 8.73. The van der Waals surface area contributed by atoms with Gasteiger partial charge >= 0.3 is 0 Å². The Kier molecular flexibility index (Phi) is 7.88. The van der Waals surface area contributed by atoms with Gasteiger partial charge in [-0.25, -0.2) is 0 Å². The highest BCUT2D eigenvalue weighted by Gasteiger charge is 1.96. The van der Waals surface area contributed by atoms with Gasteiger partial charge in [-0.1, -0.05) is 32.6 Å². The Morgan fingerprint density at radius 1 is 0.833 bits per heavy atom. The van der Waals surface area contributed by atoms with Gasteiger partial charge in [0.25, 0.3) is 0 Å². The van der Waals surface area contributed by atoms with Crippen LogP contribution in [0.2, 0.25) is 0 Å². The maximum absolute atomic E-state index is 5.77. The van der Waals surface area contributed by atoms with Crippen molar-refractivity contribution in [2.45, 2.75) is 39.0 Å². The van der Waals surface area contributed by atoms with E-state index < -0.39 is 0 Å². The summed E-state index contributed by atoms with van der Waals surface area (Å²) >= 11 is 0. The van der Waals surface area contributed by atoms with Crippen molar-refractivity contribution < 1.29 is 9.47 Å². The highest BCUT2D eigenvalue weighted by atomic mass is 16.5. The van der Waals surface area contributed by atoms with Crippen LogP contribution in [-0.2, 0) is 0 Å². The molecule has 0 aliphatic heterocycles. The molecule has 0 saturated carbocycles. The number of rotatable bonds is 10. The van der Waals surface area contributed by atoms with Gasteiger partial charge in [0.05, 0.1) is 19.4 Å². The van der Waals surface area contributed by atoms with Crippen LogP contribution in [0.3, 0.4) is 0 Å². The van der Waals surface area contributed by atoms with Gasteiger partial charge in [0, 0.05) is 6.21 Å². The van der Waals surface area contributed by atoms with Crippen LogP contribution in [0.4, 0.5) is 5.69 Å². The maximum Gasteiger partial charge on any atom is 0.119 e. The summed E-state index contributed by atoms with van der Waals surface area (Å²) in [6.07, 6.45) is 8.14. The SMILES string of the molecule is CCCCCCCOc1ccc(C=Nc2ccc(OC)cc2)cc1. The maximum atomic E-state index is 5.77. The fourth-order valence-electron chi connectivity index (χ4n) is 2.36. The molecule has 2 rings (SSSR count). The molecule has 0 N–H and O–H groups in total. The van der Waals surface area contributed by atoms with Crippen molar-refractivity contribution >= 4 is 11.9 Å². The van der Waals surface area contributed by atoms with Crippen molar-refractivity contribution in [3.05, 3.63) is 54.1 Å². The predicted molar refractivity (Wildman–Crippen MR) is 101 cm³/mol. The highest BCUT2D eigenvalue weighted by molar-refractivity contribution is 5.82. The van der Waals surface area contributed by atoms with Crippen LogP contribution in [0.25, 0.3) is 0 Å². The first-order valence-corrected chi connectivity index (χ1v) is 8.73. The first-order chi connectivity index (χ1) is 11.8. The van der Waals surface area contributed by atoms with Crippen molar-refractivity contribution in [1.29, 1.82) is 0 Å². The lowest BCUT2D eigenvalue weighted by Crippen LogP contribution is -1.97. The number of hydrogen-bond donors (Lipinski definition) is 0. The van der Waals surface area contributed by atoms with E-state index in [1.165, 1.54) is 25.7 Å². The molecule has 0 unspecified atom stereocenters. The van der Waals surface area contributed by atoms with Crippen molar-refractivity contribution in [1.82, 2.24) is 0 Å². The van der Waals surface area contributed by atoms with Crippen LogP contribution in [0.15, 0.2) is 53.5 Å². The number of unbranched alkanes of at least 4 members (excludes halogenated alkanes) is 4. The van der Waals surface area contributed by atoms with Crippen LogP contribution in [0.1, 0.15) is 44.6 Å². The second-order valence-electron chi connectivity index (χ2n) is 5.79. The minimum absolute atomic E-state index is 0.795. The summed E-state index contributed by atoms with van der Waals surface area (Å²) in [6, 6.07) is 15.7. The Balaban J connectivity index is 1.77. The van der Waals surface area contributed by atoms with Gasteiger partial charge in [-0.15, -0.1) is 0 Å². The summed E-state index contributed by atoms with van der Waals surface area (Å²) in [7, 11) is 1.66. The molecule has 0 bridgehead atoms. The lowest BCUT2D eigenvalue weighted by Gasteiger charge is -2.06. The molecular formula is C21H27NO2. The molecule has 128 valence electrons. The van der Waals surface area contributed by atoms with Gasteiger partial charge in [-0.3, -0.25) is 4.99 Å². The molecule has 0 saturated heterocycles. The number of nitrogens with zero attached hydrogens (tertiary/aromatic N) is 1. The third-order valence-corrected chi connectivity index (χ3v) is 3.83. The lowest BCUT2D eigenvalue weighted by molar-refractivity contribution is 0.304. The zero-order chi connectivity index (χ0) is 17.0. The van der Waals surface area contributed by atoms with Crippen LogP contribution in [0.5, 0.6) is 11.5 Å². The zero-order valence-corrected chi connectivity index (χ0v) is 14.7. The molecule has 0 atom stereocenters. The Hall–Kier alpha value is -2.29. The third kappa shape index (κ3) is 6.45. The largest absolute Gasteiger partial charge is 0.497 e. The smallest absolute Gasteiger partial charge is 0.119 e. The summed E-state index contributed by atoms with van der Waals surface area (Å²) in [4.78, 5) is 4.46. The quantitative estimate of drug-likeness (QED) is 0.408. The molecule has 0 heterocycles. The van der Waals surface area contributed by atoms with E-state index >= 15 is 0 Å². The molecule has 0 aliphatic carbocycles. The lowest BCUT2D eigenvalue weighted by atomic mass is 10.2. The summed E-state index contributed by atoms with van der Waals surface area (Å²) in [5.74, 6) is 1.76. The first kappa shape index (κ1) is 18.1. The Morgan fingerprint density at radius 2 is 1.50 bits per heavy atom. The molecule has 3 nitrogen and oxygen atoms in total. The highest BCUT2D eigenvalue weighted by Crippen LogP contribution is 2.18. The average Bonchev–Trinajstić information content (AvgIpc) is 2.64. The van der Waals surface area contributed by atoms with E-state index in [2.05, 4.69) is 11.9 Å². The van der Waals surface area contributed by atoms with Gasteiger partial charge in [0.2, 0.25) is 0 Å². The predicted octanol–water partition coefficient (Wildman–Crippen LogP) is 5.80. The fourth-order valence-corrected chi connectivity index (χ4v) is 2.36. The second kappa shape index (κ2) is 10.5. The second-order valence-corrected chi connectivity index (χ2v) is 5.79. The van der Waals surface area contributed by atoms with Crippen molar-refractivity contribution in [2.24, 2.45) is 4.99 Å². The van der Waals surface area contributed by atoms with Crippen LogP contribution < -0.4 is 9.47 Å². The molecule has 0 aromatic heterocycles. The molecule has 0 fully saturated rings. The monoisotopic (exact) mass is 325 g/mol. The fraction of sp³-hybridized carbons (Fsp3) is 0.381. The number of aliphatic imine (C=N–C) groups is 1. The summed E-state index contributed by atoms with van der Waals surface area (Å²) in [5.41, 5.74) is 1.96. The average molecular weight is 325 g/mol. The van der Waals surface area contributed by atoms with E-state index in [0.29, 0.717) is 0 Å². The topological polar surface area (TPSA) is 30.8 Å². The molecule has 0 spiro atoms. The molecule has 24 heavy (non-hydrogen) atoms.